The lowest BCUT2D eigenvalue weighted by Gasteiger charge is -2.42. The first-order chi connectivity index (χ1) is 16.5. The molecule has 3 aromatic rings. The molecule has 0 saturated carbocycles. The molecule has 1 aromatic heterocycles. The Morgan fingerprint density at radius 2 is 2.24 bits per heavy atom. The van der Waals surface area contributed by atoms with Crippen LogP contribution in [0.25, 0.3) is 10.9 Å². The van der Waals surface area contributed by atoms with Gasteiger partial charge in [-0.3, -0.25) is 9.69 Å². The molecule has 2 unspecified atom stereocenters. The summed E-state index contributed by atoms with van der Waals surface area (Å²) in [4.78, 5) is 23.7. The minimum Gasteiger partial charge on any atom is -0.496 e. The van der Waals surface area contributed by atoms with Crippen LogP contribution in [-0.2, 0) is 16.0 Å². The highest BCUT2D eigenvalue weighted by Crippen LogP contribution is 2.31. The summed E-state index contributed by atoms with van der Waals surface area (Å²) in [5, 5.41) is 3.88. The topological polar surface area (TPSA) is 76.6 Å². The average molecular weight is 483 g/mol. The Morgan fingerprint density at radius 1 is 1.35 bits per heavy atom. The molecule has 1 N–H and O–H groups in total. The van der Waals surface area contributed by atoms with Crippen molar-refractivity contribution >= 4 is 39.8 Å². The van der Waals surface area contributed by atoms with Crippen molar-refractivity contribution < 1.29 is 18.7 Å². The van der Waals surface area contributed by atoms with Gasteiger partial charge in [-0.2, -0.15) is 0 Å². The molecule has 0 spiro atoms. The lowest BCUT2D eigenvalue weighted by atomic mass is 9.99. The van der Waals surface area contributed by atoms with Gasteiger partial charge in [0.1, 0.15) is 23.7 Å². The summed E-state index contributed by atoms with van der Waals surface area (Å²) in [5.74, 6) is 0.584. The van der Waals surface area contributed by atoms with Crippen LogP contribution in [-0.4, -0.2) is 59.6 Å². The summed E-state index contributed by atoms with van der Waals surface area (Å²) < 4.78 is 24.7. The number of ether oxygens (including phenoxy) is 2. The quantitative estimate of drug-likeness (QED) is 0.479. The number of nitrogens with one attached hydrogen (secondary N) is 1. The summed E-state index contributed by atoms with van der Waals surface area (Å²) >= 11 is 5.90. The van der Waals surface area contributed by atoms with Crippen molar-refractivity contribution in [3.63, 3.8) is 0 Å². The lowest BCUT2D eigenvalue weighted by Crippen LogP contribution is -2.57. The second kappa shape index (κ2) is 9.66. The van der Waals surface area contributed by atoms with E-state index in [1.807, 2.05) is 12.1 Å². The number of halogens is 2. The Labute approximate surface area is 201 Å². The van der Waals surface area contributed by atoms with Crippen molar-refractivity contribution in [3.8, 4) is 5.75 Å². The van der Waals surface area contributed by atoms with Gasteiger partial charge in [0, 0.05) is 54.9 Å². The Morgan fingerprint density at radius 3 is 3.03 bits per heavy atom. The molecule has 0 aliphatic carbocycles. The summed E-state index contributed by atoms with van der Waals surface area (Å²) in [6.45, 7) is 2.50. The fourth-order valence-electron chi connectivity index (χ4n) is 4.50. The molecule has 34 heavy (non-hydrogen) atoms. The molecule has 2 aliphatic rings. The average Bonchev–Trinajstić information content (AvgIpc) is 3.19. The van der Waals surface area contributed by atoms with Crippen LogP contribution in [0.2, 0.25) is 5.02 Å². The van der Waals surface area contributed by atoms with Crippen molar-refractivity contribution in [2.45, 2.75) is 25.0 Å². The SMILES string of the molecule is COc1cc2ncnc(Nc3ccc(F)c(Cl)c3)c2cc1CC(=O)/C=C/CN1CC2OCCC21. The molecule has 7 nitrogen and oxygen atoms in total. The zero-order chi connectivity index (χ0) is 23.7. The number of likely N-dealkylation sites (tertiary alicyclic amines) is 1. The highest BCUT2D eigenvalue weighted by atomic mass is 35.5. The Balaban J connectivity index is 1.33. The van der Waals surface area contributed by atoms with Crippen molar-refractivity contribution in [2.75, 3.05) is 32.1 Å². The largest absolute Gasteiger partial charge is 0.496 e. The summed E-state index contributed by atoms with van der Waals surface area (Å²) in [6, 6.07) is 8.47. The van der Waals surface area contributed by atoms with Gasteiger partial charge in [-0.25, -0.2) is 14.4 Å². The van der Waals surface area contributed by atoms with Crippen LogP contribution >= 0.6 is 11.6 Å². The lowest BCUT2D eigenvalue weighted by molar-refractivity contribution is -0.114. The minimum absolute atomic E-state index is 0.0114. The molecule has 176 valence electrons. The summed E-state index contributed by atoms with van der Waals surface area (Å²) in [5.41, 5.74) is 1.97. The number of nitrogens with zero attached hydrogens (tertiary/aromatic N) is 3. The second-order valence-corrected chi connectivity index (χ2v) is 8.83. The van der Waals surface area contributed by atoms with E-state index in [1.54, 1.807) is 25.3 Å². The molecule has 0 bridgehead atoms. The highest BCUT2D eigenvalue weighted by molar-refractivity contribution is 6.31. The van der Waals surface area contributed by atoms with Gasteiger partial charge >= 0.3 is 0 Å². The van der Waals surface area contributed by atoms with Crippen LogP contribution in [0.3, 0.4) is 0 Å². The maximum absolute atomic E-state index is 13.5. The van der Waals surface area contributed by atoms with Crippen molar-refractivity contribution in [3.05, 3.63) is 65.2 Å². The zero-order valence-corrected chi connectivity index (χ0v) is 19.4. The van der Waals surface area contributed by atoms with E-state index in [4.69, 9.17) is 21.1 Å². The maximum atomic E-state index is 13.5. The number of anilines is 2. The number of ketones is 1. The molecular weight excluding hydrogens is 459 g/mol. The molecule has 9 heteroatoms. The number of carbonyl (C=O) groups is 1. The fraction of sp³-hybridized carbons (Fsp3) is 0.320. The van der Waals surface area contributed by atoms with Crippen LogP contribution in [0.1, 0.15) is 12.0 Å². The zero-order valence-electron chi connectivity index (χ0n) is 18.6. The second-order valence-electron chi connectivity index (χ2n) is 8.42. The van der Waals surface area contributed by atoms with Gasteiger partial charge in [0.25, 0.3) is 0 Å². The number of hydrogen-bond donors (Lipinski definition) is 1. The van der Waals surface area contributed by atoms with Gasteiger partial charge in [0.2, 0.25) is 0 Å². The normalized spacial score (nSPS) is 19.9. The van der Waals surface area contributed by atoms with E-state index < -0.39 is 5.82 Å². The number of allylic oxidation sites excluding steroid dienone is 1. The van der Waals surface area contributed by atoms with E-state index in [0.29, 0.717) is 40.3 Å². The molecule has 2 aliphatic heterocycles. The monoisotopic (exact) mass is 482 g/mol. The van der Waals surface area contributed by atoms with E-state index in [9.17, 15) is 9.18 Å². The number of carbonyl (C=O) groups excluding carboxylic acids is 1. The number of benzene rings is 2. The molecule has 0 amide bonds. The molecular formula is C25H24ClFN4O3. The summed E-state index contributed by atoms with van der Waals surface area (Å²) in [7, 11) is 1.57. The van der Waals surface area contributed by atoms with E-state index in [2.05, 4.69) is 20.2 Å². The van der Waals surface area contributed by atoms with Gasteiger partial charge in [0.15, 0.2) is 5.78 Å². The van der Waals surface area contributed by atoms with E-state index in [1.165, 1.54) is 18.5 Å². The van der Waals surface area contributed by atoms with Gasteiger partial charge < -0.3 is 14.8 Å². The number of fused-ring (bicyclic) bond motifs is 2. The van der Waals surface area contributed by atoms with E-state index in [0.717, 1.165) is 31.7 Å². The smallest absolute Gasteiger partial charge is 0.159 e. The first-order valence-electron chi connectivity index (χ1n) is 11.1. The Bertz CT molecular complexity index is 1270. The van der Waals surface area contributed by atoms with Crippen LogP contribution in [0, 0.1) is 5.82 Å². The Kier molecular flexibility index (Phi) is 6.45. The van der Waals surface area contributed by atoms with Crippen molar-refractivity contribution in [2.24, 2.45) is 0 Å². The predicted octanol–water partition coefficient (Wildman–Crippen LogP) is 4.32. The Hall–Kier alpha value is -3.07. The molecule has 2 saturated heterocycles. The number of methoxy groups -OCH3 is 1. The van der Waals surface area contributed by atoms with Gasteiger partial charge in [-0.05, 0) is 36.8 Å². The minimum atomic E-state index is -0.496. The fourth-order valence-corrected chi connectivity index (χ4v) is 4.68. The van der Waals surface area contributed by atoms with Gasteiger partial charge in [-0.1, -0.05) is 17.7 Å². The third-order valence-electron chi connectivity index (χ3n) is 6.29. The molecule has 5 rings (SSSR count). The van der Waals surface area contributed by atoms with Crippen LogP contribution in [0.15, 0.2) is 48.8 Å². The first-order valence-corrected chi connectivity index (χ1v) is 11.5. The standard InChI is InChI=1S/C25H24ClFN4O3/c1-33-23-12-21-18(25(29-14-28-21)30-16-4-5-20(27)19(26)11-16)10-15(23)9-17(32)3-2-7-31-13-24-22(31)6-8-34-24/h2-5,10-12,14,22,24H,6-9,13H2,1H3,(H,28,29,30)/b3-2+. The van der Waals surface area contributed by atoms with Gasteiger partial charge in [0.05, 0.1) is 23.8 Å². The van der Waals surface area contributed by atoms with Crippen molar-refractivity contribution in [1.29, 1.82) is 0 Å². The molecule has 2 atom stereocenters. The van der Waals surface area contributed by atoms with Crippen LogP contribution in [0.4, 0.5) is 15.9 Å². The van der Waals surface area contributed by atoms with E-state index >= 15 is 0 Å². The number of hydrogen-bond acceptors (Lipinski definition) is 7. The number of rotatable bonds is 8. The number of aromatic nitrogens is 2. The predicted molar refractivity (Wildman–Crippen MR) is 128 cm³/mol. The summed E-state index contributed by atoms with van der Waals surface area (Å²) in [6.07, 6.45) is 6.58. The third-order valence-corrected chi connectivity index (χ3v) is 6.58. The van der Waals surface area contributed by atoms with E-state index in [-0.39, 0.29) is 17.2 Å². The van der Waals surface area contributed by atoms with Crippen molar-refractivity contribution in [1.82, 2.24) is 14.9 Å². The first kappa shape index (κ1) is 22.7. The highest BCUT2D eigenvalue weighted by Gasteiger charge is 2.42. The van der Waals surface area contributed by atoms with Crippen LogP contribution < -0.4 is 10.1 Å². The van der Waals surface area contributed by atoms with Crippen LogP contribution in [0.5, 0.6) is 5.75 Å². The maximum Gasteiger partial charge on any atom is 0.159 e. The molecule has 3 heterocycles. The third kappa shape index (κ3) is 4.61. The van der Waals surface area contributed by atoms with Gasteiger partial charge in [-0.15, -0.1) is 0 Å². The molecule has 2 fully saturated rings. The molecule has 2 aromatic carbocycles. The molecule has 0 radical (unpaired) electrons.